The van der Waals surface area contributed by atoms with Crippen LogP contribution in [0.5, 0.6) is 0 Å². The summed E-state index contributed by atoms with van der Waals surface area (Å²) >= 11 is 0. The van der Waals surface area contributed by atoms with Gasteiger partial charge in [-0.1, -0.05) is 20.8 Å². The van der Waals surface area contributed by atoms with Gasteiger partial charge in [-0.05, 0) is 51.6 Å². The number of ether oxygens (including phenoxy) is 1. The van der Waals surface area contributed by atoms with Gasteiger partial charge in [0.15, 0.2) is 0 Å². The van der Waals surface area contributed by atoms with Crippen molar-refractivity contribution < 1.29 is 4.74 Å². The van der Waals surface area contributed by atoms with Crippen LogP contribution in [0.1, 0.15) is 53.4 Å². The minimum Gasteiger partial charge on any atom is -0.383 e. The Hall–Kier alpha value is -0.120. The van der Waals surface area contributed by atoms with Gasteiger partial charge in [-0.3, -0.25) is 4.90 Å². The number of likely N-dealkylation sites (N-methyl/N-ethyl adjacent to an activating group) is 1. The number of rotatable bonds is 8. The van der Waals surface area contributed by atoms with Crippen LogP contribution in [0.15, 0.2) is 0 Å². The van der Waals surface area contributed by atoms with Gasteiger partial charge in [0.2, 0.25) is 0 Å². The molecule has 114 valence electrons. The molecule has 0 spiro atoms. The van der Waals surface area contributed by atoms with Crippen LogP contribution in [0.25, 0.3) is 0 Å². The maximum Gasteiger partial charge on any atom is 0.0615 e. The van der Waals surface area contributed by atoms with Gasteiger partial charge >= 0.3 is 0 Å². The smallest absolute Gasteiger partial charge is 0.0615 e. The molecule has 0 aromatic rings. The molecule has 1 aliphatic rings. The molecule has 0 aliphatic heterocycles. The third-order valence-electron chi connectivity index (χ3n) is 4.50. The molecule has 1 aliphatic carbocycles. The van der Waals surface area contributed by atoms with Crippen LogP contribution < -0.4 is 5.32 Å². The van der Waals surface area contributed by atoms with Crippen molar-refractivity contribution in [1.82, 2.24) is 10.2 Å². The predicted molar refractivity (Wildman–Crippen MR) is 82.6 cm³/mol. The summed E-state index contributed by atoms with van der Waals surface area (Å²) in [6, 6.07) is 1.84. The Balaban J connectivity index is 2.69. The maximum absolute atomic E-state index is 5.36. The van der Waals surface area contributed by atoms with Crippen molar-refractivity contribution in [1.29, 1.82) is 0 Å². The lowest BCUT2D eigenvalue weighted by atomic mass is 9.82. The van der Waals surface area contributed by atoms with Crippen molar-refractivity contribution in [3.05, 3.63) is 0 Å². The van der Waals surface area contributed by atoms with E-state index in [1.54, 1.807) is 7.11 Å². The molecule has 1 fully saturated rings. The zero-order valence-corrected chi connectivity index (χ0v) is 13.6. The molecule has 1 N–H and O–H groups in total. The number of hydrogen-bond acceptors (Lipinski definition) is 3. The third-order valence-corrected chi connectivity index (χ3v) is 4.50. The molecule has 3 nitrogen and oxygen atoms in total. The fraction of sp³-hybridized carbons (Fsp3) is 1.00. The van der Waals surface area contributed by atoms with E-state index in [2.05, 4.69) is 37.9 Å². The second kappa shape index (κ2) is 8.93. The first kappa shape index (κ1) is 16.9. The number of nitrogens with one attached hydrogen (secondary N) is 1. The molecule has 4 atom stereocenters. The molecule has 0 aromatic carbocycles. The second-order valence-corrected chi connectivity index (χ2v) is 6.18. The Morgan fingerprint density at radius 1 is 1.32 bits per heavy atom. The quantitative estimate of drug-likeness (QED) is 0.734. The van der Waals surface area contributed by atoms with E-state index in [-0.39, 0.29) is 0 Å². The van der Waals surface area contributed by atoms with Crippen LogP contribution in [0.4, 0.5) is 0 Å². The highest BCUT2D eigenvalue weighted by molar-refractivity contribution is 4.91. The average molecular weight is 270 g/mol. The van der Waals surface area contributed by atoms with Crippen LogP contribution >= 0.6 is 0 Å². The van der Waals surface area contributed by atoms with Crippen molar-refractivity contribution >= 4 is 0 Å². The van der Waals surface area contributed by atoms with Crippen LogP contribution in [-0.2, 0) is 4.74 Å². The van der Waals surface area contributed by atoms with E-state index in [9.17, 15) is 0 Å². The first-order chi connectivity index (χ1) is 9.13. The van der Waals surface area contributed by atoms with E-state index >= 15 is 0 Å². The SMILES string of the molecule is CCCNC1CCC(C)CC1N(CC)C(C)COC. The first-order valence-corrected chi connectivity index (χ1v) is 8.12. The minimum absolute atomic E-state index is 0.510. The molecular formula is C16H34N2O. The fourth-order valence-corrected chi connectivity index (χ4v) is 3.50. The Bertz CT molecular complexity index is 233. The van der Waals surface area contributed by atoms with Gasteiger partial charge in [-0.25, -0.2) is 0 Å². The first-order valence-electron chi connectivity index (χ1n) is 8.12. The van der Waals surface area contributed by atoms with Gasteiger partial charge in [-0.2, -0.15) is 0 Å². The maximum atomic E-state index is 5.36. The van der Waals surface area contributed by atoms with Crippen molar-refractivity contribution in [2.75, 3.05) is 26.8 Å². The molecular weight excluding hydrogens is 236 g/mol. The van der Waals surface area contributed by atoms with Gasteiger partial charge in [0.05, 0.1) is 6.61 Å². The highest BCUT2D eigenvalue weighted by atomic mass is 16.5. The Morgan fingerprint density at radius 2 is 2.05 bits per heavy atom. The highest BCUT2D eigenvalue weighted by Crippen LogP contribution is 2.29. The van der Waals surface area contributed by atoms with Crippen molar-refractivity contribution in [3.63, 3.8) is 0 Å². The summed E-state index contributed by atoms with van der Waals surface area (Å²) in [5.41, 5.74) is 0. The summed E-state index contributed by atoms with van der Waals surface area (Å²) in [5.74, 6) is 0.855. The van der Waals surface area contributed by atoms with E-state index in [1.165, 1.54) is 25.7 Å². The number of hydrogen-bond donors (Lipinski definition) is 1. The zero-order valence-electron chi connectivity index (χ0n) is 13.6. The molecule has 0 radical (unpaired) electrons. The second-order valence-electron chi connectivity index (χ2n) is 6.18. The van der Waals surface area contributed by atoms with Crippen molar-refractivity contribution in [2.24, 2.45) is 5.92 Å². The average Bonchev–Trinajstić information content (AvgIpc) is 2.39. The Morgan fingerprint density at radius 3 is 2.63 bits per heavy atom. The molecule has 0 amide bonds. The van der Waals surface area contributed by atoms with Crippen molar-refractivity contribution in [3.8, 4) is 0 Å². The molecule has 1 saturated carbocycles. The lowest BCUT2D eigenvalue weighted by molar-refractivity contribution is 0.0351. The van der Waals surface area contributed by atoms with Gasteiger partial charge in [0, 0.05) is 25.2 Å². The summed E-state index contributed by atoms with van der Waals surface area (Å²) in [4.78, 5) is 2.65. The van der Waals surface area contributed by atoms with Crippen molar-refractivity contribution in [2.45, 2.75) is 71.5 Å². The van der Waals surface area contributed by atoms with Crippen LogP contribution in [0.3, 0.4) is 0 Å². The molecule has 19 heavy (non-hydrogen) atoms. The van der Waals surface area contributed by atoms with E-state index in [1.807, 2.05) is 0 Å². The van der Waals surface area contributed by atoms with Gasteiger partial charge < -0.3 is 10.1 Å². The largest absolute Gasteiger partial charge is 0.383 e. The van der Waals surface area contributed by atoms with E-state index < -0.39 is 0 Å². The standard InChI is InChI=1S/C16H34N2O/c1-6-10-17-15-9-8-13(3)11-16(15)18(7-2)14(4)12-19-5/h13-17H,6-12H2,1-5H3. The third kappa shape index (κ3) is 5.05. The summed E-state index contributed by atoms with van der Waals surface area (Å²) in [6.07, 6.45) is 5.23. The number of nitrogens with zero attached hydrogens (tertiary/aromatic N) is 1. The number of methoxy groups -OCH3 is 1. The van der Waals surface area contributed by atoms with Crippen LogP contribution in [-0.4, -0.2) is 49.8 Å². The molecule has 4 unspecified atom stereocenters. The molecule has 0 aromatic heterocycles. The molecule has 1 rings (SSSR count). The Kier molecular flexibility index (Phi) is 7.96. The Labute approximate surface area is 120 Å². The monoisotopic (exact) mass is 270 g/mol. The predicted octanol–water partition coefficient (Wildman–Crippen LogP) is 2.90. The van der Waals surface area contributed by atoms with Gasteiger partial charge in [0.25, 0.3) is 0 Å². The van der Waals surface area contributed by atoms with Crippen LogP contribution in [0.2, 0.25) is 0 Å². The van der Waals surface area contributed by atoms with Crippen LogP contribution in [0, 0.1) is 5.92 Å². The summed E-state index contributed by atoms with van der Waals surface area (Å²) in [6.45, 7) is 12.3. The molecule has 3 heteroatoms. The summed E-state index contributed by atoms with van der Waals surface area (Å²) in [7, 11) is 1.81. The normalized spacial score (nSPS) is 29.7. The van der Waals surface area contributed by atoms with E-state index in [0.29, 0.717) is 18.1 Å². The molecule has 0 bridgehead atoms. The molecule has 0 saturated heterocycles. The van der Waals surface area contributed by atoms with E-state index in [0.717, 1.165) is 25.6 Å². The lowest BCUT2D eigenvalue weighted by Gasteiger charge is -2.44. The summed E-state index contributed by atoms with van der Waals surface area (Å²) in [5, 5.41) is 3.77. The zero-order chi connectivity index (χ0) is 14.3. The summed E-state index contributed by atoms with van der Waals surface area (Å²) < 4.78 is 5.36. The van der Waals surface area contributed by atoms with E-state index in [4.69, 9.17) is 4.74 Å². The fourth-order valence-electron chi connectivity index (χ4n) is 3.50. The minimum atomic E-state index is 0.510. The van der Waals surface area contributed by atoms with Gasteiger partial charge in [0.1, 0.15) is 0 Å². The highest BCUT2D eigenvalue weighted by Gasteiger charge is 2.33. The van der Waals surface area contributed by atoms with Gasteiger partial charge in [-0.15, -0.1) is 0 Å². The molecule has 0 heterocycles. The lowest BCUT2D eigenvalue weighted by Crippen LogP contribution is -2.56. The topological polar surface area (TPSA) is 24.5 Å².